The maximum Gasteiger partial charge on any atom is 0.330 e. The van der Waals surface area contributed by atoms with Gasteiger partial charge in [0.1, 0.15) is 18.8 Å². The van der Waals surface area contributed by atoms with E-state index in [2.05, 4.69) is 55.3 Å². The first-order chi connectivity index (χ1) is 30.5. The zero-order valence-electron chi connectivity index (χ0n) is 37.6. The standard InChI is InChI=1S/C48H54N6O10/c1-11-28-21(2)33-18-38-41(24(5)32-19-54(48(59)53-46(32)58)47-45(61-10)44(63-27(8)56)39(64-47)20-62-26(7)55)25(6)36(50-38)16-34-23(4)30(14-15-40(57)60-9)43(51-34)31-13-12-29-22(3)35(52-42(29)31)17-37(28)49-33/h16-19,23,30,39,44-45,47,49-50H,5,11-15,20H2,1-4,6-10H3,(H,53,58,59)/t23-,30-,39+,44?,45+,47+/m0/s1. The fraction of sp³-hybridized carbons (Fsp3) is 0.438. The highest BCUT2D eigenvalue weighted by molar-refractivity contribution is 5.96. The van der Waals surface area contributed by atoms with E-state index in [1.54, 1.807) is 0 Å². The fourth-order valence-corrected chi connectivity index (χ4v) is 9.89. The van der Waals surface area contributed by atoms with Crippen LogP contribution in [0.15, 0.2) is 40.6 Å². The molecule has 8 bridgehead atoms. The molecule has 1 fully saturated rings. The van der Waals surface area contributed by atoms with Crippen LogP contribution >= 0.6 is 0 Å². The van der Waals surface area contributed by atoms with E-state index in [1.165, 1.54) is 44.4 Å². The topological polar surface area (TPSA) is 210 Å². The molecule has 7 heterocycles. The summed E-state index contributed by atoms with van der Waals surface area (Å²) in [6.45, 7) is 17.0. The molecule has 0 radical (unpaired) electrons. The molecule has 1 unspecified atom stereocenters. The summed E-state index contributed by atoms with van der Waals surface area (Å²) in [5.74, 6) is -1.62. The van der Waals surface area contributed by atoms with Gasteiger partial charge in [-0.15, -0.1) is 0 Å². The first kappa shape index (κ1) is 44.2. The number of aromatic nitrogens is 6. The second-order valence-electron chi connectivity index (χ2n) is 17.0. The zero-order chi connectivity index (χ0) is 45.9. The van der Waals surface area contributed by atoms with Crippen molar-refractivity contribution >= 4 is 56.7 Å². The third kappa shape index (κ3) is 7.72. The maximum absolute atomic E-state index is 13.9. The van der Waals surface area contributed by atoms with Gasteiger partial charge >= 0.3 is 23.6 Å². The highest BCUT2D eigenvalue weighted by Crippen LogP contribution is 2.47. The van der Waals surface area contributed by atoms with E-state index in [1.807, 2.05) is 19.1 Å². The molecule has 1 saturated heterocycles. The number of esters is 3. The number of nitrogens with zero attached hydrogens (tertiary/aromatic N) is 3. The number of carbonyl (C=O) groups is 3. The first-order valence-corrected chi connectivity index (χ1v) is 21.6. The minimum absolute atomic E-state index is 0.0653. The minimum atomic E-state index is -1.20. The fourth-order valence-electron chi connectivity index (χ4n) is 9.89. The number of hydrogen-bond acceptors (Lipinski definition) is 12. The monoisotopic (exact) mass is 874 g/mol. The lowest BCUT2D eigenvalue weighted by Gasteiger charge is -2.23. The average Bonchev–Trinajstić information content (AvgIpc) is 4.08. The van der Waals surface area contributed by atoms with Crippen molar-refractivity contribution < 1.29 is 38.1 Å². The number of allylic oxidation sites excluding steroid dienone is 2. The van der Waals surface area contributed by atoms with Gasteiger partial charge in [-0.05, 0) is 98.1 Å². The summed E-state index contributed by atoms with van der Waals surface area (Å²) < 4.78 is 28.9. The maximum atomic E-state index is 13.9. The van der Waals surface area contributed by atoms with Crippen LogP contribution in [0, 0.1) is 13.8 Å². The molecule has 16 nitrogen and oxygen atoms in total. The quantitative estimate of drug-likeness (QED) is 0.109. The Balaban J connectivity index is 1.34. The summed E-state index contributed by atoms with van der Waals surface area (Å²) in [6.07, 6.45) is 0.301. The summed E-state index contributed by atoms with van der Waals surface area (Å²) in [5, 5.41) is 0. The Hall–Kier alpha value is -6.39. The van der Waals surface area contributed by atoms with Crippen molar-refractivity contribution in [2.75, 3.05) is 20.8 Å². The van der Waals surface area contributed by atoms with Gasteiger partial charge in [0.15, 0.2) is 12.3 Å². The molecule has 16 heteroatoms. The van der Waals surface area contributed by atoms with Gasteiger partial charge in [0.25, 0.3) is 5.56 Å². The van der Waals surface area contributed by atoms with Crippen molar-refractivity contribution in [1.29, 1.82) is 0 Å². The van der Waals surface area contributed by atoms with Gasteiger partial charge in [0.2, 0.25) is 0 Å². The Kier molecular flexibility index (Phi) is 12.0. The van der Waals surface area contributed by atoms with Gasteiger partial charge < -0.3 is 33.7 Å². The Morgan fingerprint density at radius 2 is 1.66 bits per heavy atom. The Morgan fingerprint density at radius 1 is 0.922 bits per heavy atom. The summed E-state index contributed by atoms with van der Waals surface area (Å²) in [6, 6.07) is 6.15. The van der Waals surface area contributed by atoms with E-state index >= 15 is 0 Å². The van der Waals surface area contributed by atoms with E-state index in [4.69, 9.17) is 33.7 Å². The number of carbonyl (C=O) groups excluding carboxylic acids is 3. The van der Waals surface area contributed by atoms with Gasteiger partial charge in [-0.3, -0.25) is 33.7 Å². The second kappa shape index (κ2) is 17.3. The van der Waals surface area contributed by atoms with Crippen LogP contribution in [-0.4, -0.2) is 86.5 Å². The SMILES string of the molecule is C=C(c1cn([C@@H]2O[C@H](COC(C)=O)C(OC(C)=O)[C@H]2OC)c(=O)[nH]c1=O)c1c(C)c2cc3nc(c4c5nc(cc6[nH]c(cc1[nH]2)c(C)c6CC)C(C)=C5CC4)[C@@H](CCC(=O)OC)[C@@H]3C. The van der Waals surface area contributed by atoms with E-state index in [-0.39, 0.29) is 36.4 Å². The average molecular weight is 875 g/mol. The van der Waals surface area contributed by atoms with Crippen molar-refractivity contribution in [2.45, 2.75) is 117 Å². The number of H-pyrrole nitrogens is 3. The smallest absolute Gasteiger partial charge is 0.330 e. The predicted octanol–water partition coefficient (Wildman–Crippen LogP) is 6.53. The highest BCUT2D eigenvalue weighted by atomic mass is 16.6. The molecule has 1 aliphatic carbocycles. The third-order valence-electron chi connectivity index (χ3n) is 13.3. The van der Waals surface area contributed by atoms with E-state index in [0.29, 0.717) is 23.1 Å². The van der Waals surface area contributed by atoms with Crippen molar-refractivity contribution in [2.24, 2.45) is 0 Å². The Bertz CT molecular complexity index is 2950. The van der Waals surface area contributed by atoms with Gasteiger partial charge in [0.05, 0.1) is 24.1 Å². The van der Waals surface area contributed by atoms with Crippen molar-refractivity contribution in [1.82, 2.24) is 29.5 Å². The molecule has 0 aromatic carbocycles. The lowest BCUT2D eigenvalue weighted by molar-refractivity contribution is -0.158. The van der Waals surface area contributed by atoms with Crippen LogP contribution in [0.4, 0.5) is 0 Å². The molecule has 3 aliphatic heterocycles. The molecular weight excluding hydrogens is 821 g/mol. The molecule has 0 amide bonds. The van der Waals surface area contributed by atoms with Crippen molar-refractivity contribution in [3.63, 3.8) is 0 Å². The van der Waals surface area contributed by atoms with Crippen LogP contribution in [0.2, 0.25) is 0 Å². The molecule has 4 aliphatic rings. The molecule has 3 N–H and O–H groups in total. The van der Waals surface area contributed by atoms with Gasteiger partial charge in [-0.1, -0.05) is 20.4 Å². The molecule has 0 saturated carbocycles. The van der Waals surface area contributed by atoms with E-state index in [9.17, 15) is 24.0 Å². The number of methoxy groups -OCH3 is 2. The molecule has 4 aromatic heterocycles. The molecule has 8 rings (SSSR count). The predicted molar refractivity (Wildman–Crippen MR) is 239 cm³/mol. The second-order valence-corrected chi connectivity index (χ2v) is 17.0. The lowest BCUT2D eigenvalue weighted by atomic mass is 9.85. The largest absolute Gasteiger partial charge is 0.469 e. The van der Waals surface area contributed by atoms with Crippen LogP contribution in [0.25, 0.3) is 38.8 Å². The number of rotatable bonds is 11. The molecule has 336 valence electrons. The molecule has 64 heavy (non-hydrogen) atoms. The van der Waals surface area contributed by atoms with Crippen molar-refractivity contribution in [3.05, 3.63) is 108 Å². The summed E-state index contributed by atoms with van der Waals surface area (Å²) in [7, 11) is 2.78. The number of ether oxygens (including phenoxy) is 5. The zero-order valence-corrected chi connectivity index (χ0v) is 37.6. The number of fused-ring (bicyclic) bond motifs is 8. The summed E-state index contributed by atoms with van der Waals surface area (Å²) in [4.78, 5) is 84.3. The summed E-state index contributed by atoms with van der Waals surface area (Å²) in [5.41, 5.74) is 12.8. The Morgan fingerprint density at radius 3 is 2.34 bits per heavy atom. The van der Waals surface area contributed by atoms with Crippen LogP contribution < -0.4 is 11.2 Å². The summed E-state index contributed by atoms with van der Waals surface area (Å²) >= 11 is 0. The molecular formula is C48H54N6O10. The third-order valence-corrected chi connectivity index (χ3v) is 13.3. The molecule has 6 atom stereocenters. The van der Waals surface area contributed by atoms with Crippen LogP contribution in [0.3, 0.4) is 0 Å². The highest BCUT2D eigenvalue weighted by Gasteiger charge is 2.49. The van der Waals surface area contributed by atoms with Crippen molar-refractivity contribution in [3.8, 4) is 0 Å². The van der Waals surface area contributed by atoms with E-state index < -0.39 is 47.7 Å². The molecule has 4 aromatic rings. The van der Waals surface area contributed by atoms with Gasteiger partial charge in [-0.2, -0.15) is 0 Å². The minimum Gasteiger partial charge on any atom is -0.469 e. The number of aryl methyl sites for hydroxylation is 3. The van der Waals surface area contributed by atoms with Crippen LogP contribution in [0.5, 0.6) is 0 Å². The van der Waals surface area contributed by atoms with Crippen LogP contribution in [0.1, 0.15) is 128 Å². The lowest BCUT2D eigenvalue weighted by Crippen LogP contribution is -2.41. The van der Waals surface area contributed by atoms with Crippen LogP contribution in [-0.2, 0) is 50.9 Å². The first-order valence-electron chi connectivity index (χ1n) is 21.6. The Labute approximate surface area is 369 Å². The number of hydrogen-bond donors (Lipinski definition) is 3. The molecule has 0 spiro atoms. The number of aromatic amines is 3. The normalized spacial score (nSPS) is 21.3. The van der Waals surface area contributed by atoms with E-state index in [0.717, 1.165) is 86.4 Å². The van der Waals surface area contributed by atoms with Gasteiger partial charge in [0, 0.05) is 90.0 Å². The van der Waals surface area contributed by atoms with Gasteiger partial charge in [-0.25, -0.2) is 9.78 Å². The number of nitrogens with one attached hydrogen (secondary N) is 3.